The fraction of sp³-hybridized carbons (Fsp3) is 0.133. The van der Waals surface area contributed by atoms with Crippen LogP contribution in [-0.2, 0) is 11.5 Å². The summed E-state index contributed by atoms with van der Waals surface area (Å²) < 4.78 is 0. The maximum Gasteiger partial charge on any atom is 0.163 e. The molecule has 0 spiro atoms. The van der Waals surface area contributed by atoms with Crippen LogP contribution < -0.4 is 5.73 Å². The molecule has 0 unspecified atom stereocenters. The van der Waals surface area contributed by atoms with Crippen molar-refractivity contribution in [2.45, 2.75) is 11.5 Å². The van der Waals surface area contributed by atoms with Crippen LogP contribution in [0.2, 0.25) is 0 Å². The minimum absolute atomic E-state index is 0.600. The smallest absolute Gasteiger partial charge is 0.163 e. The van der Waals surface area contributed by atoms with Gasteiger partial charge in [-0.2, -0.15) is 11.8 Å². The number of hydrogen-bond acceptors (Lipinski definition) is 5. The molecule has 0 radical (unpaired) electrons. The summed E-state index contributed by atoms with van der Waals surface area (Å²) in [7, 11) is 0. The normalized spacial score (nSPS) is 13.6. The van der Waals surface area contributed by atoms with Crippen LogP contribution in [0.25, 0.3) is 22.2 Å². The predicted molar refractivity (Wildman–Crippen MR) is 82.2 cm³/mol. The Kier molecular flexibility index (Phi) is 2.60. The number of nitrogens with two attached hydrogens (primary N) is 1. The van der Waals surface area contributed by atoms with Gasteiger partial charge < -0.3 is 5.73 Å². The molecule has 0 aliphatic carbocycles. The number of anilines is 1. The summed E-state index contributed by atoms with van der Waals surface area (Å²) in [5.74, 6) is 3.10. The Hall–Kier alpha value is -2.14. The van der Waals surface area contributed by atoms with Crippen molar-refractivity contribution in [3.05, 3.63) is 47.9 Å². The first-order chi connectivity index (χ1) is 9.83. The Balaban J connectivity index is 1.98. The van der Waals surface area contributed by atoms with Crippen molar-refractivity contribution >= 4 is 28.4 Å². The minimum atomic E-state index is 0.600. The van der Waals surface area contributed by atoms with Gasteiger partial charge in [0.2, 0.25) is 0 Å². The molecule has 5 heteroatoms. The molecule has 1 aromatic carbocycles. The highest BCUT2D eigenvalue weighted by Gasteiger charge is 2.19. The van der Waals surface area contributed by atoms with Crippen LogP contribution >= 0.6 is 11.8 Å². The molecule has 0 fully saturated rings. The Bertz CT molecular complexity index is 811. The van der Waals surface area contributed by atoms with Crippen molar-refractivity contribution in [2.24, 2.45) is 0 Å². The van der Waals surface area contributed by atoms with Crippen LogP contribution in [0, 0.1) is 0 Å². The highest BCUT2D eigenvalue weighted by atomic mass is 32.2. The fourth-order valence-corrected chi connectivity index (χ4v) is 3.54. The first-order valence-corrected chi connectivity index (χ1v) is 7.54. The minimum Gasteiger partial charge on any atom is -0.383 e. The summed E-state index contributed by atoms with van der Waals surface area (Å²) in [6, 6.07) is 8.12. The maximum atomic E-state index is 6.07. The zero-order valence-corrected chi connectivity index (χ0v) is 11.5. The lowest BCUT2D eigenvalue weighted by Crippen LogP contribution is -2.03. The lowest BCUT2D eigenvalue weighted by atomic mass is 10.1. The molecule has 0 saturated heterocycles. The largest absolute Gasteiger partial charge is 0.383 e. The van der Waals surface area contributed by atoms with Crippen LogP contribution in [0.4, 0.5) is 5.82 Å². The molecule has 98 valence electrons. The van der Waals surface area contributed by atoms with Gasteiger partial charge in [-0.3, -0.25) is 4.98 Å². The number of nitrogens with zero attached hydrogens (tertiary/aromatic N) is 3. The van der Waals surface area contributed by atoms with Gasteiger partial charge >= 0.3 is 0 Å². The van der Waals surface area contributed by atoms with Crippen molar-refractivity contribution in [3.8, 4) is 11.4 Å². The number of fused-ring (bicyclic) bond motifs is 2. The van der Waals surface area contributed by atoms with Crippen LogP contribution in [0.3, 0.4) is 0 Å². The third-order valence-corrected chi connectivity index (χ3v) is 4.49. The summed E-state index contributed by atoms with van der Waals surface area (Å²) in [5.41, 5.74) is 9.16. The van der Waals surface area contributed by atoms with Crippen molar-refractivity contribution in [1.82, 2.24) is 15.0 Å². The van der Waals surface area contributed by atoms with Crippen LogP contribution in [0.15, 0.2) is 36.7 Å². The van der Waals surface area contributed by atoms with Crippen molar-refractivity contribution in [3.63, 3.8) is 0 Å². The Morgan fingerprint density at radius 3 is 2.90 bits per heavy atom. The number of rotatable bonds is 1. The zero-order chi connectivity index (χ0) is 13.5. The second-order valence-corrected chi connectivity index (χ2v) is 5.74. The van der Waals surface area contributed by atoms with E-state index in [0.717, 1.165) is 39.1 Å². The van der Waals surface area contributed by atoms with Crippen LogP contribution in [-0.4, -0.2) is 15.0 Å². The van der Waals surface area contributed by atoms with E-state index in [1.807, 2.05) is 42.4 Å². The van der Waals surface area contributed by atoms with Gasteiger partial charge in [0.05, 0.1) is 5.69 Å². The monoisotopic (exact) mass is 280 g/mol. The topological polar surface area (TPSA) is 64.7 Å². The summed E-state index contributed by atoms with van der Waals surface area (Å²) >= 11 is 1.83. The summed E-state index contributed by atoms with van der Waals surface area (Å²) in [4.78, 5) is 13.4. The molecule has 2 aromatic heterocycles. The molecule has 4 rings (SSSR count). The van der Waals surface area contributed by atoms with Gasteiger partial charge in [0.25, 0.3) is 0 Å². The molecule has 3 heterocycles. The Morgan fingerprint density at radius 1 is 1.05 bits per heavy atom. The summed E-state index contributed by atoms with van der Waals surface area (Å²) in [6.07, 6.45) is 3.66. The summed E-state index contributed by atoms with van der Waals surface area (Å²) in [6.45, 7) is 0. The highest BCUT2D eigenvalue weighted by Crippen LogP contribution is 2.34. The lowest BCUT2D eigenvalue weighted by Gasteiger charge is -2.08. The van der Waals surface area contributed by atoms with Crippen LogP contribution in [0.5, 0.6) is 0 Å². The predicted octanol–water partition coefficient (Wildman–Crippen LogP) is 3.02. The third kappa shape index (κ3) is 1.74. The Labute approximate surface area is 120 Å². The number of aromatic nitrogens is 3. The first-order valence-electron chi connectivity index (χ1n) is 6.39. The molecule has 4 nitrogen and oxygen atoms in total. The molecule has 0 amide bonds. The molecular weight excluding hydrogens is 268 g/mol. The fourth-order valence-electron chi connectivity index (χ4n) is 2.49. The summed E-state index contributed by atoms with van der Waals surface area (Å²) in [5, 5.41) is 2.19. The Morgan fingerprint density at radius 2 is 1.95 bits per heavy atom. The molecule has 0 bridgehead atoms. The molecular formula is C15H12N4S. The highest BCUT2D eigenvalue weighted by molar-refractivity contribution is 7.98. The van der Waals surface area contributed by atoms with Crippen LogP contribution in [0.1, 0.15) is 11.3 Å². The van der Waals surface area contributed by atoms with Gasteiger partial charge in [0.1, 0.15) is 5.82 Å². The van der Waals surface area contributed by atoms with Crippen molar-refractivity contribution < 1.29 is 0 Å². The average Bonchev–Trinajstić information content (AvgIpc) is 2.95. The molecule has 2 N–H and O–H groups in total. The van der Waals surface area contributed by atoms with Crippen molar-refractivity contribution in [2.75, 3.05) is 5.73 Å². The van der Waals surface area contributed by atoms with Gasteiger partial charge in [-0.05, 0) is 5.39 Å². The van der Waals surface area contributed by atoms with Gasteiger partial charge in [-0.25, -0.2) is 9.97 Å². The number of nitrogen functional groups attached to an aromatic ring is 1. The van der Waals surface area contributed by atoms with Gasteiger partial charge in [0.15, 0.2) is 5.82 Å². The van der Waals surface area contributed by atoms with E-state index in [1.165, 1.54) is 0 Å². The average molecular weight is 280 g/mol. The molecule has 0 atom stereocenters. The van der Waals surface area contributed by atoms with E-state index in [4.69, 9.17) is 5.73 Å². The lowest BCUT2D eigenvalue weighted by molar-refractivity contribution is 1.08. The number of benzene rings is 1. The van der Waals surface area contributed by atoms with E-state index >= 15 is 0 Å². The molecule has 20 heavy (non-hydrogen) atoms. The number of pyridine rings is 1. The van der Waals surface area contributed by atoms with Gasteiger partial charge in [-0.1, -0.05) is 24.3 Å². The van der Waals surface area contributed by atoms with E-state index in [-0.39, 0.29) is 0 Å². The molecule has 1 aliphatic rings. The second kappa shape index (κ2) is 4.45. The standard InChI is InChI=1S/C15H12N4S/c16-14-12-7-20-8-13(12)18-15(19-14)11-6-17-5-9-3-1-2-4-10(9)11/h1-6H,7-8H2,(H2,16,18,19). The SMILES string of the molecule is Nc1nc(-c2cncc3ccccc23)nc2c1CSC2. The van der Waals surface area contributed by atoms with Crippen molar-refractivity contribution in [1.29, 1.82) is 0 Å². The third-order valence-electron chi connectivity index (χ3n) is 3.52. The number of hydrogen-bond donors (Lipinski definition) is 1. The van der Waals surface area contributed by atoms with E-state index in [2.05, 4.69) is 21.0 Å². The van der Waals surface area contributed by atoms with E-state index in [9.17, 15) is 0 Å². The van der Waals surface area contributed by atoms with Gasteiger partial charge in [-0.15, -0.1) is 0 Å². The molecule has 1 aliphatic heterocycles. The quantitative estimate of drug-likeness (QED) is 0.742. The zero-order valence-electron chi connectivity index (χ0n) is 10.7. The van der Waals surface area contributed by atoms with E-state index in [0.29, 0.717) is 11.6 Å². The maximum absolute atomic E-state index is 6.07. The molecule has 3 aromatic rings. The second-order valence-electron chi connectivity index (χ2n) is 4.76. The van der Waals surface area contributed by atoms with E-state index in [1.54, 1.807) is 0 Å². The van der Waals surface area contributed by atoms with E-state index < -0.39 is 0 Å². The first kappa shape index (κ1) is 11.7. The van der Waals surface area contributed by atoms with Gasteiger partial charge in [0, 0.05) is 40.4 Å². The number of thioether (sulfide) groups is 1. The molecule has 0 saturated carbocycles.